The summed E-state index contributed by atoms with van der Waals surface area (Å²) in [5, 5.41) is 2.86. The molecule has 2 amide bonds. The van der Waals surface area contributed by atoms with Gasteiger partial charge in [0.1, 0.15) is 0 Å². The molecule has 1 N–H and O–H groups in total. The summed E-state index contributed by atoms with van der Waals surface area (Å²) < 4.78 is 27.3. The Morgan fingerprint density at radius 3 is 2.37 bits per heavy atom. The predicted octanol–water partition coefficient (Wildman–Crippen LogP) is 3.13. The van der Waals surface area contributed by atoms with Crippen LogP contribution in [0.15, 0.2) is 53.4 Å². The van der Waals surface area contributed by atoms with Crippen LogP contribution in [0.1, 0.15) is 38.2 Å². The van der Waals surface area contributed by atoms with Crippen LogP contribution < -0.4 is 10.2 Å². The maximum absolute atomic E-state index is 13.0. The van der Waals surface area contributed by atoms with Crippen molar-refractivity contribution in [3.05, 3.63) is 54.1 Å². The van der Waals surface area contributed by atoms with E-state index in [0.29, 0.717) is 44.3 Å². The summed E-state index contributed by atoms with van der Waals surface area (Å²) in [6.45, 7) is 6.91. The van der Waals surface area contributed by atoms with Gasteiger partial charge in [-0.2, -0.15) is 4.31 Å². The molecule has 0 spiro atoms. The highest BCUT2D eigenvalue weighted by Crippen LogP contribution is 2.33. The highest BCUT2D eigenvalue weighted by atomic mass is 32.2. The van der Waals surface area contributed by atoms with Crippen LogP contribution in [0.4, 0.5) is 11.4 Å². The fourth-order valence-corrected chi connectivity index (χ4v) is 6.04. The minimum Gasteiger partial charge on any atom is -0.326 e. The Balaban J connectivity index is 1.41. The first kappa shape index (κ1) is 25.3. The maximum Gasteiger partial charge on any atom is 0.243 e. The molecule has 0 radical (unpaired) electrons. The van der Waals surface area contributed by atoms with Crippen LogP contribution in [0.2, 0.25) is 0 Å². The number of nitrogens with zero attached hydrogens (tertiary/aromatic N) is 3. The summed E-state index contributed by atoms with van der Waals surface area (Å²) in [5.74, 6) is -0.458. The number of hydrogen-bond acceptors (Lipinski definition) is 5. The summed E-state index contributed by atoms with van der Waals surface area (Å²) in [5.41, 5.74) is 2.50. The van der Waals surface area contributed by atoms with E-state index in [9.17, 15) is 18.0 Å². The molecule has 2 unspecified atom stereocenters. The van der Waals surface area contributed by atoms with E-state index in [2.05, 4.69) is 24.1 Å². The van der Waals surface area contributed by atoms with Crippen LogP contribution in [0.3, 0.4) is 0 Å². The van der Waals surface area contributed by atoms with Gasteiger partial charge < -0.3 is 15.1 Å². The minimum absolute atomic E-state index is 0.0606. The van der Waals surface area contributed by atoms with Crippen molar-refractivity contribution in [2.24, 2.45) is 5.92 Å². The molecule has 2 aromatic rings. The highest BCUT2D eigenvalue weighted by Gasteiger charge is 2.36. The standard InChI is InChI=1S/C26H34N4O4S/c1-4-19(2)23-7-5-6-8-24(23)30-18-20(17-25(30)31)26(32)27-21-9-11-22(12-10-21)35(33,34)29-15-13-28(3)14-16-29/h5-12,19-20H,4,13-18H2,1-3H3,(H,27,32). The lowest BCUT2D eigenvalue weighted by atomic mass is 9.96. The number of nitrogens with one attached hydrogen (secondary N) is 1. The number of piperazine rings is 1. The van der Waals surface area contributed by atoms with Gasteiger partial charge in [-0.05, 0) is 55.3 Å². The van der Waals surface area contributed by atoms with E-state index in [1.807, 2.05) is 31.3 Å². The minimum atomic E-state index is -3.56. The van der Waals surface area contributed by atoms with Gasteiger partial charge in [-0.1, -0.05) is 32.0 Å². The average Bonchev–Trinajstić information content (AvgIpc) is 3.25. The fourth-order valence-electron chi connectivity index (χ4n) is 4.62. The number of carbonyl (C=O) groups is 2. The zero-order valence-corrected chi connectivity index (χ0v) is 21.4. The van der Waals surface area contributed by atoms with Gasteiger partial charge >= 0.3 is 0 Å². The van der Waals surface area contributed by atoms with E-state index in [4.69, 9.17) is 0 Å². The number of carbonyl (C=O) groups excluding carboxylic acids is 2. The van der Waals surface area contributed by atoms with Gasteiger partial charge in [0, 0.05) is 50.5 Å². The Morgan fingerprint density at radius 1 is 1.06 bits per heavy atom. The molecule has 2 atom stereocenters. The van der Waals surface area contributed by atoms with Crippen molar-refractivity contribution < 1.29 is 18.0 Å². The fraction of sp³-hybridized carbons (Fsp3) is 0.462. The second kappa shape index (κ2) is 10.5. The molecule has 0 aliphatic carbocycles. The van der Waals surface area contributed by atoms with Gasteiger partial charge in [-0.3, -0.25) is 9.59 Å². The summed E-state index contributed by atoms with van der Waals surface area (Å²) in [6, 6.07) is 14.1. The Morgan fingerprint density at radius 2 is 1.71 bits per heavy atom. The molecule has 2 saturated heterocycles. The van der Waals surface area contributed by atoms with Crippen molar-refractivity contribution in [2.45, 2.75) is 37.5 Å². The zero-order chi connectivity index (χ0) is 25.2. The molecule has 2 aromatic carbocycles. The molecule has 9 heteroatoms. The number of hydrogen-bond donors (Lipinski definition) is 1. The van der Waals surface area contributed by atoms with Crippen molar-refractivity contribution >= 4 is 33.2 Å². The first-order chi connectivity index (χ1) is 16.7. The maximum atomic E-state index is 13.0. The normalized spacial score (nSPS) is 20.7. The topological polar surface area (TPSA) is 90.0 Å². The lowest BCUT2D eigenvalue weighted by Crippen LogP contribution is -2.46. The van der Waals surface area contributed by atoms with E-state index < -0.39 is 15.9 Å². The smallest absolute Gasteiger partial charge is 0.243 e. The molecule has 4 rings (SSSR count). The number of para-hydroxylation sites is 1. The van der Waals surface area contributed by atoms with Crippen molar-refractivity contribution in [2.75, 3.05) is 50.0 Å². The molecule has 2 heterocycles. The Bertz CT molecular complexity index is 1170. The van der Waals surface area contributed by atoms with E-state index in [1.165, 1.54) is 16.4 Å². The van der Waals surface area contributed by atoms with Crippen LogP contribution in [-0.4, -0.2) is 69.2 Å². The molecule has 0 bridgehead atoms. The van der Waals surface area contributed by atoms with Crippen LogP contribution in [-0.2, 0) is 19.6 Å². The molecule has 8 nitrogen and oxygen atoms in total. The molecule has 2 aliphatic rings. The third-order valence-electron chi connectivity index (χ3n) is 7.09. The number of likely N-dealkylation sites (N-methyl/N-ethyl adjacent to an activating group) is 1. The van der Waals surface area contributed by atoms with E-state index >= 15 is 0 Å². The molecule has 0 saturated carbocycles. The predicted molar refractivity (Wildman–Crippen MR) is 137 cm³/mol. The van der Waals surface area contributed by atoms with E-state index in [0.717, 1.165) is 17.7 Å². The summed E-state index contributed by atoms with van der Waals surface area (Å²) >= 11 is 0. The van der Waals surface area contributed by atoms with Crippen molar-refractivity contribution in [1.82, 2.24) is 9.21 Å². The quantitative estimate of drug-likeness (QED) is 0.634. The van der Waals surface area contributed by atoms with Gasteiger partial charge in [-0.15, -0.1) is 0 Å². The first-order valence-corrected chi connectivity index (χ1v) is 13.6. The van der Waals surface area contributed by atoms with E-state index in [1.54, 1.807) is 17.0 Å². The van der Waals surface area contributed by atoms with Crippen LogP contribution in [0, 0.1) is 5.92 Å². The van der Waals surface area contributed by atoms with Crippen molar-refractivity contribution in [3.8, 4) is 0 Å². The average molecular weight is 499 g/mol. The van der Waals surface area contributed by atoms with Gasteiger partial charge in [-0.25, -0.2) is 8.42 Å². The molecular weight excluding hydrogens is 464 g/mol. The van der Waals surface area contributed by atoms with Crippen LogP contribution >= 0.6 is 0 Å². The number of sulfonamides is 1. The molecule has 0 aromatic heterocycles. The highest BCUT2D eigenvalue weighted by molar-refractivity contribution is 7.89. The monoisotopic (exact) mass is 498 g/mol. The number of amides is 2. The summed E-state index contributed by atoms with van der Waals surface area (Å²) in [6.07, 6.45) is 1.11. The molecule has 2 aliphatic heterocycles. The Labute approximate surface area is 207 Å². The Kier molecular flexibility index (Phi) is 7.59. The SMILES string of the molecule is CCC(C)c1ccccc1N1CC(C(=O)Nc2ccc(S(=O)(=O)N3CCN(C)CC3)cc2)CC1=O. The lowest BCUT2D eigenvalue weighted by Gasteiger charge is -2.31. The summed E-state index contributed by atoms with van der Waals surface area (Å²) in [4.78, 5) is 29.8. The second-order valence-electron chi connectivity index (χ2n) is 9.49. The van der Waals surface area contributed by atoms with Crippen LogP contribution in [0.5, 0.6) is 0 Å². The lowest BCUT2D eigenvalue weighted by molar-refractivity contribution is -0.122. The van der Waals surface area contributed by atoms with Crippen molar-refractivity contribution in [3.63, 3.8) is 0 Å². The van der Waals surface area contributed by atoms with Gasteiger partial charge in [0.25, 0.3) is 0 Å². The number of benzene rings is 2. The van der Waals surface area contributed by atoms with Gasteiger partial charge in [0.15, 0.2) is 0 Å². The number of rotatable bonds is 7. The summed E-state index contributed by atoms with van der Waals surface area (Å²) in [7, 11) is -1.59. The molecular formula is C26H34N4O4S. The first-order valence-electron chi connectivity index (χ1n) is 12.2. The molecule has 188 valence electrons. The zero-order valence-electron chi connectivity index (χ0n) is 20.6. The third-order valence-corrected chi connectivity index (χ3v) is 9.00. The molecule has 35 heavy (non-hydrogen) atoms. The van der Waals surface area contributed by atoms with Gasteiger partial charge in [0.05, 0.1) is 10.8 Å². The second-order valence-corrected chi connectivity index (χ2v) is 11.4. The van der Waals surface area contributed by atoms with Crippen molar-refractivity contribution in [1.29, 1.82) is 0 Å². The van der Waals surface area contributed by atoms with Gasteiger partial charge in [0.2, 0.25) is 21.8 Å². The largest absolute Gasteiger partial charge is 0.326 e. The van der Waals surface area contributed by atoms with E-state index in [-0.39, 0.29) is 23.1 Å². The molecule has 2 fully saturated rings. The Hall–Kier alpha value is -2.75. The third kappa shape index (κ3) is 5.42. The number of anilines is 2. The van der Waals surface area contributed by atoms with Crippen LogP contribution in [0.25, 0.3) is 0 Å².